The standard InChI is InChI=1S/C30H23ClFN3O4S/c1-40(36,37)14-3-2-7-24-10-13-28(39-24)21-8-11-27-25(16-21)30(34-19-33-27)35-23-9-12-29(26(31)17-23)38-18-20-5-4-6-22(32)15-20/h4-6,8-13,15-17,19H,3,14,18H2,1H3,(H,33,34,35). The summed E-state index contributed by atoms with van der Waals surface area (Å²) in [7, 11) is -3.06. The normalized spacial score (nSPS) is 11.2. The van der Waals surface area contributed by atoms with Crippen LogP contribution in [0, 0.1) is 17.7 Å². The Morgan fingerprint density at radius 3 is 2.73 bits per heavy atom. The average molecular weight is 576 g/mol. The van der Waals surface area contributed by atoms with E-state index in [1.165, 1.54) is 24.7 Å². The molecule has 0 aliphatic heterocycles. The van der Waals surface area contributed by atoms with Crippen LogP contribution in [0.15, 0.2) is 83.5 Å². The maximum atomic E-state index is 13.4. The van der Waals surface area contributed by atoms with E-state index in [1.807, 2.05) is 24.3 Å². The summed E-state index contributed by atoms with van der Waals surface area (Å²) in [6.07, 6.45) is 2.89. The molecule has 0 amide bonds. The minimum absolute atomic E-state index is 0.00386. The zero-order chi connectivity index (χ0) is 28.1. The number of nitrogens with one attached hydrogen (secondary N) is 1. The summed E-state index contributed by atoms with van der Waals surface area (Å²) in [5.41, 5.74) is 2.92. The number of rotatable bonds is 8. The summed E-state index contributed by atoms with van der Waals surface area (Å²) in [6, 6.07) is 20.7. The van der Waals surface area contributed by atoms with Crippen molar-refractivity contribution in [2.45, 2.75) is 13.0 Å². The van der Waals surface area contributed by atoms with Crippen molar-refractivity contribution in [3.63, 3.8) is 0 Å². The van der Waals surface area contributed by atoms with E-state index in [4.69, 9.17) is 20.8 Å². The molecule has 10 heteroatoms. The quantitative estimate of drug-likeness (QED) is 0.204. The van der Waals surface area contributed by atoms with Crippen molar-refractivity contribution < 1.29 is 22.0 Å². The first-order valence-corrected chi connectivity index (χ1v) is 14.6. The van der Waals surface area contributed by atoms with Gasteiger partial charge in [-0.25, -0.2) is 22.8 Å². The van der Waals surface area contributed by atoms with Gasteiger partial charge in [0.15, 0.2) is 5.76 Å². The van der Waals surface area contributed by atoms with Crippen molar-refractivity contribution in [1.29, 1.82) is 0 Å². The van der Waals surface area contributed by atoms with Crippen molar-refractivity contribution in [1.82, 2.24) is 9.97 Å². The Morgan fingerprint density at radius 1 is 1.05 bits per heavy atom. The van der Waals surface area contributed by atoms with Crippen LogP contribution in [0.1, 0.15) is 17.7 Å². The lowest BCUT2D eigenvalue weighted by atomic mass is 10.1. The first-order chi connectivity index (χ1) is 19.2. The SMILES string of the molecule is CS(=O)(=O)CCC#Cc1ccc(-c2ccc3ncnc(Nc4ccc(OCc5cccc(F)c5)c(Cl)c4)c3c2)o1. The lowest BCUT2D eigenvalue weighted by Crippen LogP contribution is -2.01. The van der Waals surface area contributed by atoms with Crippen LogP contribution in [0.2, 0.25) is 5.02 Å². The Morgan fingerprint density at radius 2 is 1.93 bits per heavy atom. The molecule has 5 rings (SSSR count). The number of halogens is 2. The van der Waals surface area contributed by atoms with Gasteiger partial charge in [0.05, 0.1) is 16.3 Å². The second-order valence-corrected chi connectivity index (χ2v) is 11.7. The molecule has 7 nitrogen and oxygen atoms in total. The van der Waals surface area contributed by atoms with Crippen molar-refractivity contribution in [2.75, 3.05) is 17.3 Å². The van der Waals surface area contributed by atoms with Crippen LogP contribution in [0.25, 0.3) is 22.2 Å². The molecule has 0 atom stereocenters. The van der Waals surface area contributed by atoms with Gasteiger partial charge in [-0.1, -0.05) is 29.7 Å². The molecule has 0 saturated heterocycles. The number of fused-ring (bicyclic) bond motifs is 1. The number of hydrogen-bond acceptors (Lipinski definition) is 7. The second-order valence-electron chi connectivity index (χ2n) is 8.99. The van der Waals surface area contributed by atoms with E-state index in [1.54, 1.807) is 36.4 Å². The molecule has 0 bridgehead atoms. The number of nitrogens with zero attached hydrogens (tertiary/aromatic N) is 2. The highest BCUT2D eigenvalue weighted by Crippen LogP contribution is 2.32. The fraction of sp³-hybridized carbons (Fsp3) is 0.133. The monoisotopic (exact) mass is 575 g/mol. The summed E-state index contributed by atoms with van der Waals surface area (Å²) in [4.78, 5) is 8.77. The number of ether oxygens (including phenoxy) is 1. The van der Waals surface area contributed by atoms with Gasteiger partial charge in [0.25, 0.3) is 0 Å². The second kappa shape index (κ2) is 11.8. The van der Waals surface area contributed by atoms with E-state index in [-0.39, 0.29) is 24.6 Å². The average Bonchev–Trinajstić information content (AvgIpc) is 3.39. The van der Waals surface area contributed by atoms with E-state index in [2.05, 4.69) is 27.1 Å². The molecule has 0 spiro atoms. The Kier molecular flexibility index (Phi) is 8.01. The van der Waals surface area contributed by atoms with Crippen LogP contribution in [-0.4, -0.2) is 30.4 Å². The van der Waals surface area contributed by atoms with Gasteiger partial charge < -0.3 is 14.5 Å². The molecular formula is C30H23ClFN3O4S. The molecular weight excluding hydrogens is 553 g/mol. The van der Waals surface area contributed by atoms with E-state index in [9.17, 15) is 12.8 Å². The van der Waals surface area contributed by atoms with Gasteiger partial charge in [-0.3, -0.25) is 0 Å². The van der Waals surface area contributed by atoms with Crippen LogP contribution in [-0.2, 0) is 16.4 Å². The van der Waals surface area contributed by atoms with Gasteiger partial charge in [-0.05, 0) is 72.1 Å². The molecule has 2 aromatic heterocycles. The van der Waals surface area contributed by atoms with Crippen LogP contribution in [0.4, 0.5) is 15.9 Å². The van der Waals surface area contributed by atoms with Crippen molar-refractivity contribution in [2.24, 2.45) is 0 Å². The van der Waals surface area contributed by atoms with Crippen LogP contribution >= 0.6 is 11.6 Å². The van der Waals surface area contributed by atoms with Crippen molar-refractivity contribution in [3.8, 4) is 28.9 Å². The van der Waals surface area contributed by atoms with Crippen LogP contribution in [0.3, 0.4) is 0 Å². The van der Waals surface area contributed by atoms with Gasteiger partial charge in [-0.15, -0.1) is 0 Å². The molecule has 0 saturated carbocycles. The molecule has 0 unspecified atom stereocenters. The lowest BCUT2D eigenvalue weighted by molar-refractivity contribution is 0.306. The Bertz CT molecular complexity index is 1860. The third kappa shape index (κ3) is 6.97. The molecule has 5 aromatic rings. The fourth-order valence-electron chi connectivity index (χ4n) is 3.88. The first-order valence-electron chi connectivity index (χ1n) is 12.2. The molecule has 0 fully saturated rings. The largest absolute Gasteiger partial charge is 0.487 e. The summed E-state index contributed by atoms with van der Waals surface area (Å²) in [6.45, 7) is 0.185. The minimum atomic E-state index is -3.06. The summed E-state index contributed by atoms with van der Waals surface area (Å²) in [5, 5.41) is 4.44. The summed E-state index contributed by atoms with van der Waals surface area (Å²) >= 11 is 6.46. The number of anilines is 2. The third-order valence-corrected chi connectivity index (χ3v) is 7.05. The highest BCUT2D eigenvalue weighted by molar-refractivity contribution is 7.90. The number of hydrogen-bond donors (Lipinski definition) is 1. The van der Waals surface area contributed by atoms with E-state index in [0.717, 1.165) is 16.5 Å². The predicted molar refractivity (Wildman–Crippen MR) is 154 cm³/mol. The Hall–Kier alpha value is -4.39. The van der Waals surface area contributed by atoms with Gasteiger partial charge in [0.2, 0.25) is 0 Å². The van der Waals surface area contributed by atoms with E-state index < -0.39 is 9.84 Å². The smallest absolute Gasteiger partial charge is 0.177 e. The number of furan rings is 1. The van der Waals surface area contributed by atoms with Gasteiger partial charge in [0, 0.05) is 29.3 Å². The molecule has 0 aliphatic rings. The van der Waals surface area contributed by atoms with Crippen molar-refractivity contribution in [3.05, 3.63) is 101 Å². The lowest BCUT2D eigenvalue weighted by Gasteiger charge is -2.12. The van der Waals surface area contributed by atoms with Gasteiger partial charge in [-0.2, -0.15) is 0 Å². The number of benzene rings is 3. The zero-order valence-corrected chi connectivity index (χ0v) is 22.9. The number of aromatic nitrogens is 2. The van der Waals surface area contributed by atoms with E-state index in [0.29, 0.717) is 39.4 Å². The Labute approximate surface area is 235 Å². The summed E-state index contributed by atoms with van der Waals surface area (Å²) < 4.78 is 47.6. The van der Waals surface area contributed by atoms with Crippen molar-refractivity contribution >= 4 is 43.8 Å². The third-order valence-electron chi connectivity index (χ3n) is 5.81. The molecule has 40 heavy (non-hydrogen) atoms. The van der Waals surface area contributed by atoms with Crippen LogP contribution in [0.5, 0.6) is 5.75 Å². The highest BCUT2D eigenvalue weighted by atomic mass is 35.5. The van der Waals surface area contributed by atoms with Gasteiger partial charge in [0.1, 0.15) is 45.9 Å². The fourth-order valence-corrected chi connectivity index (χ4v) is 4.58. The minimum Gasteiger partial charge on any atom is -0.487 e. The van der Waals surface area contributed by atoms with Crippen LogP contribution < -0.4 is 10.1 Å². The highest BCUT2D eigenvalue weighted by Gasteiger charge is 2.11. The maximum Gasteiger partial charge on any atom is 0.177 e. The molecule has 2 heterocycles. The first kappa shape index (κ1) is 27.2. The topological polar surface area (TPSA) is 94.3 Å². The summed E-state index contributed by atoms with van der Waals surface area (Å²) in [5.74, 6) is 7.46. The maximum absolute atomic E-state index is 13.4. The molecule has 3 aromatic carbocycles. The predicted octanol–water partition coefficient (Wildman–Crippen LogP) is 6.79. The molecule has 0 aliphatic carbocycles. The zero-order valence-electron chi connectivity index (χ0n) is 21.3. The molecule has 202 valence electrons. The van der Waals surface area contributed by atoms with E-state index >= 15 is 0 Å². The molecule has 1 N–H and O–H groups in total. The number of sulfone groups is 1. The Balaban J connectivity index is 1.32. The van der Waals surface area contributed by atoms with Gasteiger partial charge >= 0.3 is 0 Å². The molecule has 0 radical (unpaired) electrons.